The summed E-state index contributed by atoms with van der Waals surface area (Å²) < 4.78 is 1.49. The molecule has 0 saturated heterocycles. The van der Waals surface area contributed by atoms with Crippen molar-refractivity contribution in [2.75, 3.05) is 0 Å². The molecule has 0 aliphatic heterocycles. The number of aliphatic hydroxyl groups excluding tert-OH is 1. The fourth-order valence-electron chi connectivity index (χ4n) is 1.41. The van der Waals surface area contributed by atoms with Gasteiger partial charge in [0.15, 0.2) is 0 Å². The second-order valence-electron chi connectivity index (χ2n) is 3.54. The third kappa shape index (κ3) is 2.67. The molecule has 1 aromatic heterocycles. The predicted molar refractivity (Wildman–Crippen MR) is 58.6 cm³/mol. The van der Waals surface area contributed by atoms with Gasteiger partial charge in [0.25, 0.3) is 0 Å². The third-order valence-electron chi connectivity index (χ3n) is 2.24. The van der Waals surface area contributed by atoms with E-state index in [-0.39, 0.29) is 12.1 Å². The van der Waals surface area contributed by atoms with E-state index in [4.69, 9.17) is 5.11 Å². The molecular formula is C11H11N3O3. The van der Waals surface area contributed by atoms with Crippen molar-refractivity contribution < 1.29 is 15.0 Å². The highest BCUT2D eigenvalue weighted by Gasteiger charge is 2.15. The largest absolute Gasteiger partial charge is 0.481 e. The van der Waals surface area contributed by atoms with Crippen molar-refractivity contribution >= 4 is 5.97 Å². The van der Waals surface area contributed by atoms with E-state index in [1.54, 1.807) is 0 Å². The van der Waals surface area contributed by atoms with Crippen molar-refractivity contribution in [3.8, 4) is 5.69 Å². The standard InChI is InChI=1S/C11H11N3O3/c15-10(6-11(16)17)9-7-14(13-12-9)8-4-2-1-3-5-8/h1-5,7,10,15H,6H2,(H,16,17)/t10-/m1/s1. The number of rotatable bonds is 4. The predicted octanol–water partition coefficient (Wildman–Crippen LogP) is 0.775. The Kier molecular flexibility index (Phi) is 3.15. The van der Waals surface area contributed by atoms with Crippen LogP contribution in [0.1, 0.15) is 18.2 Å². The second kappa shape index (κ2) is 4.75. The number of para-hydroxylation sites is 1. The van der Waals surface area contributed by atoms with Gasteiger partial charge in [0, 0.05) is 0 Å². The van der Waals surface area contributed by atoms with Crippen LogP contribution in [0, 0.1) is 0 Å². The Balaban J connectivity index is 2.19. The fourth-order valence-corrected chi connectivity index (χ4v) is 1.41. The molecule has 0 spiro atoms. The van der Waals surface area contributed by atoms with E-state index in [0.29, 0.717) is 0 Å². The fraction of sp³-hybridized carbons (Fsp3) is 0.182. The van der Waals surface area contributed by atoms with Crippen LogP contribution >= 0.6 is 0 Å². The van der Waals surface area contributed by atoms with E-state index in [0.717, 1.165) is 5.69 Å². The van der Waals surface area contributed by atoms with E-state index >= 15 is 0 Å². The number of aromatic nitrogens is 3. The molecule has 0 unspecified atom stereocenters. The first-order chi connectivity index (χ1) is 8.16. The first-order valence-corrected chi connectivity index (χ1v) is 5.04. The normalized spacial score (nSPS) is 12.3. The average Bonchev–Trinajstić information content (AvgIpc) is 2.78. The Labute approximate surface area is 97.1 Å². The lowest BCUT2D eigenvalue weighted by Gasteiger charge is -2.01. The van der Waals surface area contributed by atoms with Crippen molar-refractivity contribution in [2.45, 2.75) is 12.5 Å². The minimum absolute atomic E-state index is 0.247. The maximum atomic E-state index is 10.4. The van der Waals surface area contributed by atoms with Gasteiger partial charge in [-0.15, -0.1) is 5.10 Å². The molecule has 17 heavy (non-hydrogen) atoms. The molecule has 88 valence electrons. The van der Waals surface area contributed by atoms with Crippen LogP contribution in [0.15, 0.2) is 36.5 Å². The van der Waals surface area contributed by atoms with Gasteiger partial charge in [0.1, 0.15) is 11.8 Å². The molecule has 6 heteroatoms. The number of hydrogen-bond acceptors (Lipinski definition) is 4. The Bertz CT molecular complexity index is 510. The van der Waals surface area contributed by atoms with Crippen LogP contribution in [0.3, 0.4) is 0 Å². The van der Waals surface area contributed by atoms with E-state index < -0.39 is 12.1 Å². The quantitative estimate of drug-likeness (QED) is 0.814. The van der Waals surface area contributed by atoms with E-state index in [2.05, 4.69) is 10.3 Å². The molecule has 0 amide bonds. The van der Waals surface area contributed by atoms with Gasteiger partial charge in [-0.1, -0.05) is 23.4 Å². The summed E-state index contributed by atoms with van der Waals surface area (Å²) in [6.07, 6.45) is 0.00105. The maximum absolute atomic E-state index is 10.4. The number of aliphatic carboxylic acids is 1. The monoisotopic (exact) mass is 233 g/mol. The Morgan fingerprint density at radius 2 is 2.06 bits per heavy atom. The smallest absolute Gasteiger partial charge is 0.306 e. The van der Waals surface area contributed by atoms with Crippen LogP contribution in [0.25, 0.3) is 5.69 Å². The summed E-state index contributed by atoms with van der Waals surface area (Å²) >= 11 is 0. The van der Waals surface area contributed by atoms with Gasteiger partial charge in [-0.05, 0) is 12.1 Å². The van der Waals surface area contributed by atoms with Gasteiger partial charge >= 0.3 is 5.97 Å². The van der Waals surface area contributed by atoms with Gasteiger partial charge in [-0.2, -0.15) is 0 Å². The van der Waals surface area contributed by atoms with Crippen molar-refractivity contribution in [1.29, 1.82) is 0 Å². The Hall–Kier alpha value is -2.21. The number of aliphatic hydroxyl groups is 1. The topological polar surface area (TPSA) is 88.2 Å². The van der Waals surface area contributed by atoms with Gasteiger partial charge in [-0.25, -0.2) is 4.68 Å². The van der Waals surface area contributed by atoms with Crippen LogP contribution in [0.4, 0.5) is 0 Å². The van der Waals surface area contributed by atoms with Crippen LogP contribution in [-0.4, -0.2) is 31.2 Å². The number of carboxylic acid groups (broad SMARTS) is 1. The Morgan fingerprint density at radius 3 is 2.71 bits per heavy atom. The number of hydrogen-bond donors (Lipinski definition) is 2. The zero-order valence-corrected chi connectivity index (χ0v) is 8.89. The van der Waals surface area contributed by atoms with Gasteiger partial charge in [0.05, 0.1) is 18.3 Å². The van der Waals surface area contributed by atoms with Crippen LogP contribution in [0.2, 0.25) is 0 Å². The summed E-state index contributed by atoms with van der Waals surface area (Å²) in [7, 11) is 0. The molecule has 0 bridgehead atoms. The molecule has 0 saturated carbocycles. The van der Waals surface area contributed by atoms with Crippen molar-refractivity contribution in [3.63, 3.8) is 0 Å². The third-order valence-corrected chi connectivity index (χ3v) is 2.24. The van der Waals surface area contributed by atoms with E-state index in [1.807, 2.05) is 30.3 Å². The summed E-state index contributed by atoms with van der Waals surface area (Å²) in [5, 5.41) is 25.7. The second-order valence-corrected chi connectivity index (χ2v) is 3.54. The van der Waals surface area contributed by atoms with Crippen LogP contribution in [-0.2, 0) is 4.79 Å². The molecule has 0 radical (unpaired) electrons. The summed E-state index contributed by atoms with van der Waals surface area (Å²) in [6.45, 7) is 0. The number of carbonyl (C=O) groups is 1. The van der Waals surface area contributed by atoms with Crippen molar-refractivity contribution in [3.05, 3.63) is 42.2 Å². The lowest BCUT2D eigenvalue weighted by atomic mass is 10.2. The summed E-state index contributed by atoms with van der Waals surface area (Å²) in [4.78, 5) is 10.4. The highest BCUT2D eigenvalue weighted by atomic mass is 16.4. The number of nitrogens with zero attached hydrogens (tertiary/aromatic N) is 3. The summed E-state index contributed by atoms with van der Waals surface area (Å²) in [6, 6.07) is 9.25. The maximum Gasteiger partial charge on any atom is 0.306 e. The molecule has 0 fully saturated rings. The number of benzene rings is 1. The number of carboxylic acids is 1. The molecular weight excluding hydrogens is 222 g/mol. The van der Waals surface area contributed by atoms with E-state index in [1.165, 1.54) is 10.9 Å². The minimum atomic E-state index is -1.13. The first kappa shape index (κ1) is 11.3. The van der Waals surface area contributed by atoms with Crippen LogP contribution < -0.4 is 0 Å². The lowest BCUT2D eigenvalue weighted by Crippen LogP contribution is -2.05. The SMILES string of the molecule is O=C(O)C[C@@H](O)c1cn(-c2ccccc2)nn1. The van der Waals surface area contributed by atoms with Gasteiger partial charge in [-0.3, -0.25) is 4.79 Å². The van der Waals surface area contributed by atoms with Crippen molar-refractivity contribution in [2.24, 2.45) is 0 Å². The molecule has 0 aliphatic carbocycles. The molecule has 1 aromatic carbocycles. The molecule has 2 aromatic rings. The Morgan fingerprint density at radius 1 is 1.35 bits per heavy atom. The minimum Gasteiger partial charge on any atom is -0.481 e. The molecule has 1 heterocycles. The van der Waals surface area contributed by atoms with Crippen molar-refractivity contribution in [1.82, 2.24) is 15.0 Å². The highest BCUT2D eigenvalue weighted by molar-refractivity contribution is 5.67. The lowest BCUT2D eigenvalue weighted by molar-refractivity contribution is -0.139. The summed E-state index contributed by atoms with van der Waals surface area (Å²) in [5.41, 5.74) is 1.05. The summed E-state index contributed by atoms with van der Waals surface area (Å²) in [5.74, 6) is -1.08. The molecule has 2 N–H and O–H groups in total. The highest BCUT2D eigenvalue weighted by Crippen LogP contribution is 2.14. The zero-order valence-electron chi connectivity index (χ0n) is 8.89. The van der Waals surface area contributed by atoms with Gasteiger partial charge < -0.3 is 10.2 Å². The van der Waals surface area contributed by atoms with E-state index in [9.17, 15) is 9.90 Å². The van der Waals surface area contributed by atoms with Crippen LogP contribution in [0.5, 0.6) is 0 Å². The van der Waals surface area contributed by atoms with Gasteiger partial charge in [0.2, 0.25) is 0 Å². The molecule has 6 nitrogen and oxygen atoms in total. The average molecular weight is 233 g/mol. The molecule has 0 aliphatic rings. The first-order valence-electron chi connectivity index (χ1n) is 5.04. The molecule has 1 atom stereocenters. The zero-order chi connectivity index (χ0) is 12.3. The molecule has 2 rings (SSSR count).